The van der Waals surface area contributed by atoms with Gasteiger partial charge in [0.25, 0.3) is 17.4 Å². The smallest absolute Gasteiger partial charge is 0.370 e. The Morgan fingerprint density at radius 3 is 2.06 bits per heavy atom. The van der Waals surface area contributed by atoms with E-state index >= 15 is 0 Å². The van der Waals surface area contributed by atoms with Crippen LogP contribution in [0.1, 0.15) is 17.5 Å². The van der Waals surface area contributed by atoms with E-state index in [9.17, 15) is 45.8 Å². The zero-order valence-corrected chi connectivity index (χ0v) is 17.1. The first kappa shape index (κ1) is 24.9. The summed E-state index contributed by atoms with van der Waals surface area (Å²) in [4.78, 5) is 37.0. The highest BCUT2D eigenvalue weighted by molar-refractivity contribution is 6.33. The van der Waals surface area contributed by atoms with E-state index in [0.29, 0.717) is 6.07 Å². The largest absolute Gasteiger partial charge is 0.430 e. The lowest BCUT2D eigenvalue weighted by atomic mass is 9.90. The van der Waals surface area contributed by atoms with Crippen LogP contribution in [-0.4, -0.2) is 74.9 Å². The lowest BCUT2D eigenvalue weighted by molar-refractivity contribution is -0.375. The van der Waals surface area contributed by atoms with Gasteiger partial charge in [0.2, 0.25) is 5.91 Å². The van der Waals surface area contributed by atoms with Gasteiger partial charge in [0.1, 0.15) is 0 Å². The minimum absolute atomic E-state index is 0.0982. The molecular weight excluding hydrogens is 449 g/mol. The summed E-state index contributed by atoms with van der Waals surface area (Å²) in [5.74, 6) is -1.80. The molecule has 1 aromatic rings. The molecular formula is C18H15AlF6N2O4. The number of carbonyl (C=O) groups is 3. The van der Waals surface area contributed by atoms with Crippen LogP contribution in [0.3, 0.4) is 0 Å². The van der Waals surface area contributed by atoms with Gasteiger partial charge in [-0.2, -0.15) is 26.3 Å². The fraction of sp³-hybridized carbons (Fsp3) is 0.389. The monoisotopic (exact) mass is 464 g/mol. The number of benzene rings is 1. The third-order valence-corrected chi connectivity index (χ3v) is 5.13. The van der Waals surface area contributed by atoms with Crippen molar-refractivity contribution >= 4 is 38.4 Å². The summed E-state index contributed by atoms with van der Waals surface area (Å²) in [6.45, 7) is -0.603. The molecule has 0 spiro atoms. The van der Waals surface area contributed by atoms with Crippen molar-refractivity contribution < 1.29 is 45.8 Å². The van der Waals surface area contributed by atoms with E-state index in [1.165, 1.54) is 13.1 Å². The standard InChI is InChI=1S/C18H15F6N2O4.Al/c1-25(13(27)7-8-26-14(28)5-6-15(26)29)10-11-3-2-4-12(9-11)16(30,17(19,20)21)18(22,23)24;/h2-3,5-6,9,30H,7-8,10H2,1H3;. The molecule has 0 saturated heterocycles. The second-order valence-corrected chi connectivity index (χ2v) is 7.41. The topological polar surface area (TPSA) is 77.9 Å². The molecule has 0 aliphatic carbocycles. The van der Waals surface area contributed by atoms with Gasteiger partial charge in [-0.15, -0.1) is 4.43 Å². The van der Waals surface area contributed by atoms with Gasteiger partial charge in [-0.3, -0.25) is 19.3 Å². The zero-order chi connectivity index (χ0) is 23.8. The minimum atomic E-state index is -6.04. The summed E-state index contributed by atoms with van der Waals surface area (Å²) in [6.07, 6.45) is -10.3. The Kier molecular flexibility index (Phi) is 6.95. The van der Waals surface area contributed by atoms with Crippen LogP contribution in [0.4, 0.5) is 26.3 Å². The molecule has 3 amide bonds. The number of imide groups is 1. The van der Waals surface area contributed by atoms with Gasteiger partial charge in [0.15, 0.2) is 16.3 Å². The summed E-state index contributed by atoms with van der Waals surface area (Å²) in [6, 6.07) is 2.69. The highest BCUT2D eigenvalue weighted by Crippen LogP contribution is 2.49. The fourth-order valence-electron chi connectivity index (χ4n) is 2.89. The number of rotatable bonds is 6. The van der Waals surface area contributed by atoms with Crippen LogP contribution >= 0.6 is 0 Å². The molecule has 1 aliphatic rings. The Bertz CT molecular complexity index is 897. The minimum Gasteiger partial charge on any atom is -0.370 e. The Labute approximate surface area is 180 Å². The van der Waals surface area contributed by atoms with E-state index in [-0.39, 0.29) is 25.1 Å². The van der Waals surface area contributed by atoms with Crippen molar-refractivity contribution in [2.45, 2.75) is 30.9 Å². The van der Waals surface area contributed by atoms with Crippen molar-refractivity contribution in [3.05, 3.63) is 41.5 Å². The molecule has 1 aromatic carbocycles. The summed E-state index contributed by atoms with van der Waals surface area (Å²) < 4.78 is 78.6. The van der Waals surface area contributed by atoms with Gasteiger partial charge in [0.05, 0.1) is 0 Å². The van der Waals surface area contributed by atoms with Crippen LogP contribution in [0.2, 0.25) is 0 Å². The number of halogens is 6. The van der Waals surface area contributed by atoms with Gasteiger partial charge in [0, 0.05) is 38.7 Å². The number of amides is 3. The zero-order valence-electron chi connectivity index (χ0n) is 15.9. The Morgan fingerprint density at radius 2 is 1.58 bits per heavy atom. The number of aliphatic hydroxyl groups is 1. The van der Waals surface area contributed by atoms with E-state index in [0.717, 1.165) is 28.0 Å². The summed E-state index contributed by atoms with van der Waals surface area (Å²) in [7, 11) is 1.25. The first-order valence-corrected chi connectivity index (χ1v) is 9.19. The molecule has 0 unspecified atom stereocenters. The summed E-state index contributed by atoms with van der Waals surface area (Å²) >= 11 is 1.71. The molecule has 2 radical (unpaired) electrons. The molecule has 2 rings (SSSR count). The maximum absolute atomic E-state index is 13.2. The van der Waals surface area contributed by atoms with E-state index in [4.69, 9.17) is 0 Å². The van der Waals surface area contributed by atoms with E-state index in [1.54, 1.807) is 16.3 Å². The maximum atomic E-state index is 13.2. The predicted molar refractivity (Wildman–Crippen MR) is 94.8 cm³/mol. The van der Waals surface area contributed by atoms with Crippen LogP contribution in [0.15, 0.2) is 30.4 Å². The van der Waals surface area contributed by atoms with Crippen molar-refractivity contribution in [2.75, 3.05) is 13.6 Å². The first-order valence-electron chi connectivity index (χ1n) is 8.61. The molecule has 1 aliphatic heterocycles. The SMILES string of the molecule is CN(Cc1cc[c]([Al])c(C(O)(C(F)(F)F)C(F)(F)F)c1)C(=O)CCN1C(=O)C=CC1=O. The lowest BCUT2D eigenvalue weighted by Crippen LogP contribution is -2.56. The second kappa shape index (κ2) is 8.64. The van der Waals surface area contributed by atoms with E-state index in [2.05, 4.69) is 0 Å². The van der Waals surface area contributed by atoms with Gasteiger partial charge in [-0.05, 0) is 11.1 Å². The van der Waals surface area contributed by atoms with Crippen LogP contribution < -0.4 is 4.43 Å². The van der Waals surface area contributed by atoms with Gasteiger partial charge >= 0.3 is 12.4 Å². The second-order valence-electron chi connectivity index (χ2n) is 6.79. The predicted octanol–water partition coefficient (Wildman–Crippen LogP) is 1.07. The Hall–Kier alpha value is -2.36. The lowest BCUT2D eigenvalue weighted by Gasteiger charge is -2.34. The third kappa shape index (κ3) is 4.94. The molecule has 6 nitrogen and oxygen atoms in total. The molecule has 0 atom stereocenters. The maximum Gasteiger partial charge on any atom is 0.430 e. The van der Waals surface area contributed by atoms with Crippen LogP contribution in [0.5, 0.6) is 0 Å². The Balaban J connectivity index is 2.20. The van der Waals surface area contributed by atoms with Crippen LogP contribution in [-0.2, 0) is 26.5 Å². The molecule has 0 aromatic heterocycles. The van der Waals surface area contributed by atoms with Crippen molar-refractivity contribution in [1.29, 1.82) is 0 Å². The molecule has 0 bridgehead atoms. The quantitative estimate of drug-likeness (QED) is 0.388. The van der Waals surface area contributed by atoms with Crippen LogP contribution in [0.25, 0.3) is 0 Å². The Morgan fingerprint density at radius 1 is 1.06 bits per heavy atom. The van der Waals surface area contributed by atoms with E-state index < -0.39 is 45.7 Å². The first-order chi connectivity index (χ1) is 14.1. The van der Waals surface area contributed by atoms with Gasteiger partial charge < -0.3 is 10.0 Å². The number of nitrogens with zero attached hydrogens (tertiary/aromatic N) is 2. The number of hydrogen-bond donors (Lipinski definition) is 1. The van der Waals surface area contributed by atoms with Gasteiger partial charge in [-0.25, -0.2) is 0 Å². The highest BCUT2D eigenvalue weighted by atomic mass is 27.0. The average Bonchev–Trinajstić information content (AvgIpc) is 2.96. The summed E-state index contributed by atoms with van der Waals surface area (Å²) in [5, 5.41) is 9.64. The third-order valence-electron chi connectivity index (χ3n) is 4.62. The van der Waals surface area contributed by atoms with Gasteiger partial charge in [-0.1, -0.05) is 18.2 Å². The van der Waals surface area contributed by atoms with E-state index in [1.807, 2.05) is 0 Å². The van der Waals surface area contributed by atoms with Crippen molar-refractivity contribution in [2.24, 2.45) is 0 Å². The number of carbonyl (C=O) groups excluding carboxylic acids is 3. The average molecular weight is 464 g/mol. The molecule has 166 valence electrons. The molecule has 31 heavy (non-hydrogen) atoms. The fourth-order valence-corrected chi connectivity index (χ4v) is 3.28. The van der Waals surface area contributed by atoms with Crippen molar-refractivity contribution in [3.63, 3.8) is 0 Å². The van der Waals surface area contributed by atoms with Crippen molar-refractivity contribution in [1.82, 2.24) is 9.80 Å². The molecule has 0 fully saturated rings. The molecule has 0 saturated carbocycles. The normalized spacial score (nSPS) is 15.0. The van der Waals surface area contributed by atoms with Crippen molar-refractivity contribution in [3.8, 4) is 0 Å². The number of alkyl halides is 6. The molecule has 13 heteroatoms. The number of hydrogen-bond acceptors (Lipinski definition) is 4. The summed E-state index contributed by atoms with van der Waals surface area (Å²) in [5.41, 5.74) is -6.62. The molecule has 1 N–H and O–H groups in total. The molecule has 1 heterocycles. The highest BCUT2D eigenvalue weighted by Gasteiger charge is 2.71. The van der Waals surface area contributed by atoms with Crippen LogP contribution in [0, 0.1) is 0 Å².